The minimum Gasteiger partial charge on any atom is -0.478 e. The van der Waals surface area contributed by atoms with Crippen molar-refractivity contribution in [1.82, 2.24) is 10.2 Å². The second kappa shape index (κ2) is 8.69. The Balaban J connectivity index is 1.98. The van der Waals surface area contributed by atoms with Gasteiger partial charge in [0.1, 0.15) is 0 Å². The third-order valence-electron chi connectivity index (χ3n) is 4.48. The molecule has 3 N–H and O–H groups in total. The summed E-state index contributed by atoms with van der Waals surface area (Å²) in [7, 11) is 0. The summed E-state index contributed by atoms with van der Waals surface area (Å²) in [6.07, 6.45) is 1.47. The van der Waals surface area contributed by atoms with Crippen molar-refractivity contribution in [2.75, 3.05) is 25.0 Å². The van der Waals surface area contributed by atoms with Gasteiger partial charge in [0, 0.05) is 25.3 Å². The first-order valence-corrected chi connectivity index (χ1v) is 8.95. The molecule has 1 atom stereocenters. The van der Waals surface area contributed by atoms with Gasteiger partial charge in [0.2, 0.25) is 5.91 Å². The molecule has 1 saturated heterocycles. The summed E-state index contributed by atoms with van der Waals surface area (Å²) in [5.74, 6) is -1.15. The van der Waals surface area contributed by atoms with Crippen LogP contribution < -0.4 is 10.6 Å². The van der Waals surface area contributed by atoms with Crippen LogP contribution in [0.15, 0.2) is 18.2 Å². The van der Waals surface area contributed by atoms with Gasteiger partial charge in [0.05, 0.1) is 11.5 Å². The van der Waals surface area contributed by atoms with Gasteiger partial charge in [-0.2, -0.15) is 0 Å². The Morgan fingerprint density at radius 3 is 2.69 bits per heavy atom. The lowest BCUT2D eigenvalue weighted by atomic mass is 9.97. The Labute approximate surface area is 153 Å². The zero-order chi connectivity index (χ0) is 19.3. The minimum absolute atomic E-state index is 0.139. The second-order valence-electron chi connectivity index (χ2n) is 7.19. The van der Waals surface area contributed by atoms with Crippen molar-refractivity contribution in [2.45, 2.75) is 33.6 Å². The number of piperidine rings is 1. The number of carbonyl (C=O) groups excluding carboxylic acids is 2. The first-order chi connectivity index (χ1) is 12.3. The molecule has 1 fully saturated rings. The number of hydrogen-bond acceptors (Lipinski definition) is 3. The fraction of sp³-hybridized carbons (Fsp3) is 0.526. The van der Waals surface area contributed by atoms with E-state index in [1.807, 2.05) is 13.8 Å². The Morgan fingerprint density at radius 2 is 2.04 bits per heavy atom. The minimum atomic E-state index is -1.02. The van der Waals surface area contributed by atoms with Crippen LogP contribution in [-0.2, 0) is 4.79 Å². The van der Waals surface area contributed by atoms with Crippen LogP contribution in [0.3, 0.4) is 0 Å². The van der Waals surface area contributed by atoms with Crippen molar-refractivity contribution >= 4 is 23.6 Å². The number of carbonyl (C=O) groups is 3. The average molecular weight is 361 g/mol. The molecule has 7 heteroatoms. The molecular formula is C19H27N3O4. The van der Waals surface area contributed by atoms with Crippen LogP contribution in [0.25, 0.3) is 0 Å². The van der Waals surface area contributed by atoms with E-state index >= 15 is 0 Å². The summed E-state index contributed by atoms with van der Waals surface area (Å²) in [6, 6.07) is 4.69. The van der Waals surface area contributed by atoms with Crippen LogP contribution in [0.1, 0.15) is 42.6 Å². The molecule has 0 radical (unpaired) electrons. The highest BCUT2D eigenvalue weighted by Crippen LogP contribution is 2.20. The van der Waals surface area contributed by atoms with Crippen LogP contribution in [-0.4, -0.2) is 47.5 Å². The van der Waals surface area contributed by atoms with E-state index in [4.69, 9.17) is 0 Å². The molecule has 0 bridgehead atoms. The normalized spacial score (nSPS) is 17.1. The van der Waals surface area contributed by atoms with Gasteiger partial charge < -0.3 is 20.6 Å². The quantitative estimate of drug-likeness (QED) is 0.751. The monoisotopic (exact) mass is 361 g/mol. The maximum Gasteiger partial charge on any atom is 0.336 e. The highest BCUT2D eigenvalue weighted by molar-refractivity contribution is 5.96. The van der Waals surface area contributed by atoms with E-state index in [9.17, 15) is 19.5 Å². The van der Waals surface area contributed by atoms with Gasteiger partial charge in [-0.25, -0.2) is 9.59 Å². The van der Waals surface area contributed by atoms with Crippen molar-refractivity contribution in [1.29, 1.82) is 0 Å². The highest BCUT2D eigenvalue weighted by Gasteiger charge is 2.28. The summed E-state index contributed by atoms with van der Waals surface area (Å²) in [4.78, 5) is 37.7. The van der Waals surface area contributed by atoms with Gasteiger partial charge in [-0.05, 0) is 43.4 Å². The first kappa shape index (κ1) is 19.8. The molecule has 142 valence electrons. The van der Waals surface area contributed by atoms with Crippen molar-refractivity contribution in [2.24, 2.45) is 11.8 Å². The van der Waals surface area contributed by atoms with Crippen LogP contribution in [0.2, 0.25) is 0 Å². The fourth-order valence-corrected chi connectivity index (χ4v) is 2.95. The van der Waals surface area contributed by atoms with Crippen LogP contribution in [0, 0.1) is 18.8 Å². The molecule has 2 rings (SSSR count). The maximum atomic E-state index is 12.6. The van der Waals surface area contributed by atoms with Gasteiger partial charge >= 0.3 is 12.0 Å². The van der Waals surface area contributed by atoms with E-state index in [0.29, 0.717) is 43.2 Å². The van der Waals surface area contributed by atoms with E-state index in [2.05, 4.69) is 10.6 Å². The number of carboxylic acids is 1. The van der Waals surface area contributed by atoms with Crippen molar-refractivity contribution in [3.63, 3.8) is 0 Å². The van der Waals surface area contributed by atoms with Gasteiger partial charge in [0.25, 0.3) is 0 Å². The zero-order valence-corrected chi connectivity index (χ0v) is 15.5. The van der Waals surface area contributed by atoms with E-state index in [1.54, 1.807) is 24.0 Å². The van der Waals surface area contributed by atoms with E-state index in [0.717, 1.165) is 6.42 Å². The predicted octanol–water partition coefficient (Wildman–Crippen LogP) is 2.71. The number of aromatic carboxylic acids is 1. The molecule has 1 heterocycles. The van der Waals surface area contributed by atoms with Gasteiger partial charge in [-0.15, -0.1) is 0 Å². The SMILES string of the molecule is Cc1ccc(NC(=O)C2CCCN(C(=O)NCC(C)C)C2)cc1C(=O)O. The van der Waals surface area contributed by atoms with Crippen molar-refractivity contribution < 1.29 is 19.5 Å². The number of amides is 3. The topological polar surface area (TPSA) is 98.7 Å². The first-order valence-electron chi connectivity index (χ1n) is 8.95. The third kappa shape index (κ3) is 5.21. The number of nitrogens with zero attached hydrogens (tertiary/aromatic N) is 1. The van der Waals surface area contributed by atoms with E-state index < -0.39 is 5.97 Å². The molecule has 1 aliphatic rings. The molecule has 0 saturated carbocycles. The average Bonchev–Trinajstić information content (AvgIpc) is 2.61. The number of benzene rings is 1. The molecule has 7 nitrogen and oxygen atoms in total. The number of rotatable bonds is 5. The number of urea groups is 1. The molecule has 1 aliphatic heterocycles. The molecular weight excluding hydrogens is 334 g/mol. The van der Waals surface area contributed by atoms with Crippen LogP contribution >= 0.6 is 0 Å². The number of anilines is 1. The molecule has 1 aromatic carbocycles. The van der Waals surface area contributed by atoms with E-state index in [1.165, 1.54) is 6.07 Å². The predicted molar refractivity (Wildman–Crippen MR) is 99.3 cm³/mol. The lowest BCUT2D eigenvalue weighted by molar-refractivity contribution is -0.121. The van der Waals surface area contributed by atoms with E-state index in [-0.39, 0.29) is 23.4 Å². The summed E-state index contributed by atoms with van der Waals surface area (Å²) in [5, 5.41) is 14.9. The summed E-state index contributed by atoms with van der Waals surface area (Å²) in [6.45, 7) is 7.38. The van der Waals surface area contributed by atoms with Crippen molar-refractivity contribution in [3.05, 3.63) is 29.3 Å². The summed E-state index contributed by atoms with van der Waals surface area (Å²) < 4.78 is 0. The Morgan fingerprint density at radius 1 is 1.31 bits per heavy atom. The van der Waals surface area contributed by atoms with Gasteiger partial charge in [0.15, 0.2) is 0 Å². The fourth-order valence-electron chi connectivity index (χ4n) is 2.95. The number of aryl methyl sites for hydroxylation is 1. The molecule has 1 unspecified atom stereocenters. The Kier molecular flexibility index (Phi) is 6.60. The largest absolute Gasteiger partial charge is 0.478 e. The molecule has 3 amide bonds. The number of hydrogen-bond donors (Lipinski definition) is 3. The van der Waals surface area contributed by atoms with Crippen LogP contribution in [0.4, 0.5) is 10.5 Å². The van der Waals surface area contributed by atoms with Crippen LogP contribution in [0.5, 0.6) is 0 Å². The smallest absolute Gasteiger partial charge is 0.336 e. The number of likely N-dealkylation sites (tertiary alicyclic amines) is 1. The lowest BCUT2D eigenvalue weighted by Gasteiger charge is -2.32. The Hall–Kier alpha value is -2.57. The van der Waals surface area contributed by atoms with Gasteiger partial charge in [-0.1, -0.05) is 19.9 Å². The molecule has 0 spiro atoms. The lowest BCUT2D eigenvalue weighted by Crippen LogP contribution is -2.48. The summed E-state index contributed by atoms with van der Waals surface area (Å²) in [5.41, 5.74) is 1.27. The maximum absolute atomic E-state index is 12.6. The second-order valence-corrected chi connectivity index (χ2v) is 7.19. The summed E-state index contributed by atoms with van der Waals surface area (Å²) >= 11 is 0. The molecule has 26 heavy (non-hydrogen) atoms. The zero-order valence-electron chi connectivity index (χ0n) is 15.5. The number of nitrogens with one attached hydrogen (secondary N) is 2. The highest BCUT2D eigenvalue weighted by atomic mass is 16.4. The molecule has 1 aromatic rings. The Bertz CT molecular complexity index is 687. The standard InChI is InChI=1S/C19H27N3O4/c1-12(2)10-20-19(26)22-8-4-5-14(11-22)17(23)21-15-7-6-13(3)16(9-15)18(24)25/h6-7,9,12,14H,4-5,8,10-11H2,1-3H3,(H,20,26)(H,21,23)(H,24,25). The molecule has 0 aromatic heterocycles. The van der Waals surface area contributed by atoms with Crippen molar-refractivity contribution in [3.8, 4) is 0 Å². The third-order valence-corrected chi connectivity index (χ3v) is 4.48. The molecule has 0 aliphatic carbocycles. The van der Waals surface area contributed by atoms with Gasteiger partial charge in [-0.3, -0.25) is 4.79 Å². The number of carboxylic acid groups (broad SMARTS) is 1.